The van der Waals surface area contributed by atoms with Gasteiger partial charge in [-0.25, -0.2) is 0 Å². The minimum Gasteiger partial charge on any atom is -0.325 e. The molecule has 1 aromatic rings. The largest absolute Gasteiger partial charge is 0.325 e. The van der Waals surface area contributed by atoms with Gasteiger partial charge in [0.1, 0.15) is 0 Å². The normalized spacial score (nSPS) is 18.1. The van der Waals surface area contributed by atoms with Crippen molar-refractivity contribution in [3.8, 4) is 0 Å². The molecule has 0 aromatic heterocycles. The second-order valence-electron chi connectivity index (χ2n) is 5.59. The highest BCUT2D eigenvalue weighted by Gasteiger charge is 2.19. The maximum atomic E-state index is 12.2. The minimum atomic E-state index is 0.0726. The van der Waals surface area contributed by atoms with E-state index in [2.05, 4.69) is 45.0 Å². The Morgan fingerprint density at radius 2 is 2.38 bits per heavy atom. The fraction of sp³-hybridized carbons (Fsp3) is 0.562. The lowest BCUT2D eigenvalue weighted by Crippen LogP contribution is -2.41. The number of amides is 1. The number of hydrogen-bond acceptors (Lipinski definition) is 3. The Bertz CT molecular complexity index is 461. The summed E-state index contributed by atoms with van der Waals surface area (Å²) in [5.74, 6) is 0.0726. The Labute approximate surface area is 140 Å². The first-order valence-electron chi connectivity index (χ1n) is 7.68. The Kier molecular flexibility index (Phi) is 6.92. The van der Waals surface area contributed by atoms with E-state index in [1.54, 1.807) is 0 Å². The molecule has 1 atom stereocenters. The third-order valence-corrected chi connectivity index (χ3v) is 4.33. The first-order chi connectivity index (χ1) is 10.2. The summed E-state index contributed by atoms with van der Waals surface area (Å²) in [4.78, 5) is 14.5. The van der Waals surface area contributed by atoms with E-state index in [9.17, 15) is 4.79 Å². The monoisotopic (exact) mass is 401 g/mol. The molecule has 0 aliphatic carbocycles. The van der Waals surface area contributed by atoms with Crippen LogP contribution in [-0.4, -0.2) is 43.0 Å². The molecule has 0 spiro atoms. The first-order valence-corrected chi connectivity index (χ1v) is 8.76. The molecule has 0 saturated carbocycles. The number of carbonyl (C=O) groups is 1. The molecule has 0 bridgehead atoms. The molecule has 5 heteroatoms. The van der Waals surface area contributed by atoms with Crippen molar-refractivity contribution in [2.75, 3.05) is 31.5 Å². The van der Waals surface area contributed by atoms with Crippen LogP contribution in [-0.2, 0) is 4.79 Å². The topological polar surface area (TPSA) is 44.4 Å². The zero-order valence-corrected chi connectivity index (χ0v) is 14.7. The number of carbonyl (C=O) groups excluding carboxylic acids is 1. The van der Waals surface area contributed by atoms with Crippen LogP contribution >= 0.6 is 22.6 Å². The van der Waals surface area contributed by atoms with Gasteiger partial charge in [-0.05, 0) is 73.1 Å². The van der Waals surface area contributed by atoms with Crippen LogP contribution in [0.15, 0.2) is 24.3 Å². The highest BCUT2D eigenvalue weighted by molar-refractivity contribution is 14.1. The van der Waals surface area contributed by atoms with Crippen molar-refractivity contribution in [3.05, 3.63) is 27.8 Å². The average molecular weight is 401 g/mol. The van der Waals surface area contributed by atoms with Gasteiger partial charge in [0, 0.05) is 21.8 Å². The fourth-order valence-electron chi connectivity index (χ4n) is 2.75. The lowest BCUT2D eigenvalue weighted by atomic mass is 10.2. The molecule has 1 aromatic carbocycles. The third-order valence-electron chi connectivity index (χ3n) is 3.66. The summed E-state index contributed by atoms with van der Waals surface area (Å²) < 4.78 is 1.13. The molecular formula is C16H24IN3O. The van der Waals surface area contributed by atoms with E-state index in [1.807, 2.05) is 24.3 Å². The van der Waals surface area contributed by atoms with Crippen molar-refractivity contribution < 1.29 is 4.79 Å². The molecule has 21 heavy (non-hydrogen) atoms. The zero-order valence-electron chi connectivity index (χ0n) is 12.6. The number of rotatable bonds is 7. The van der Waals surface area contributed by atoms with E-state index < -0.39 is 0 Å². The number of halogens is 1. The van der Waals surface area contributed by atoms with Gasteiger partial charge in [-0.15, -0.1) is 0 Å². The van der Waals surface area contributed by atoms with Crippen molar-refractivity contribution in [2.24, 2.45) is 0 Å². The maximum absolute atomic E-state index is 12.2. The number of anilines is 1. The van der Waals surface area contributed by atoms with Crippen molar-refractivity contribution in [1.82, 2.24) is 10.2 Å². The SMILES string of the molecule is CCCN(CC(=O)Nc1cccc(I)c1)CC1CCCN1. The van der Waals surface area contributed by atoms with Crippen LogP contribution in [0.3, 0.4) is 0 Å². The number of nitrogens with one attached hydrogen (secondary N) is 2. The van der Waals surface area contributed by atoms with Gasteiger partial charge in [-0.2, -0.15) is 0 Å². The van der Waals surface area contributed by atoms with Gasteiger partial charge >= 0.3 is 0 Å². The van der Waals surface area contributed by atoms with Gasteiger partial charge in [0.25, 0.3) is 0 Å². The summed E-state index contributed by atoms with van der Waals surface area (Å²) in [5.41, 5.74) is 0.877. The molecule has 1 aliphatic rings. The zero-order chi connectivity index (χ0) is 15.1. The van der Waals surface area contributed by atoms with Crippen LogP contribution in [0.25, 0.3) is 0 Å². The number of hydrogen-bond donors (Lipinski definition) is 2. The van der Waals surface area contributed by atoms with E-state index in [0.717, 1.165) is 35.3 Å². The van der Waals surface area contributed by atoms with Crippen molar-refractivity contribution in [1.29, 1.82) is 0 Å². The molecule has 0 radical (unpaired) electrons. The Morgan fingerprint density at radius 1 is 1.52 bits per heavy atom. The summed E-state index contributed by atoms with van der Waals surface area (Å²) in [7, 11) is 0. The summed E-state index contributed by atoms with van der Waals surface area (Å²) in [6, 6.07) is 8.45. The second kappa shape index (κ2) is 8.70. The van der Waals surface area contributed by atoms with Crippen LogP contribution in [0, 0.1) is 3.57 Å². The van der Waals surface area contributed by atoms with Crippen LogP contribution in [0.4, 0.5) is 5.69 Å². The molecule has 4 nitrogen and oxygen atoms in total. The highest BCUT2D eigenvalue weighted by Crippen LogP contribution is 2.13. The quantitative estimate of drug-likeness (QED) is 0.691. The molecule has 1 aliphatic heterocycles. The van der Waals surface area contributed by atoms with E-state index >= 15 is 0 Å². The molecule has 1 heterocycles. The number of benzene rings is 1. The fourth-order valence-corrected chi connectivity index (χ4v) is 3.29. The van der Waals surface area contributed by atoms with Crippen molar-refractivity contribution in [3.63, 3.8) is 0 Å². The van der Waals surface area contributed by atoms with E-state index in [-0.39, 0.29) is 5.91 Å². The third kappa shape index (κ3) is 5.92. The minimum absolute atomic E-state index is 0.0726. The molecule has 1 saturated heterocycles. The van der Waals surface area contributed by atoms with Gasteiger partial charge in [-0.1, -0.05) is 13.0 Å². The van der Waals surface area contributed by atoms with Crippen LogP contribution < -0.4 is 10.6 Å². The van der Waals surface area contributed by atoms with E-state index in [4.69, 9.17) is 0 Å². The predicted octanol–water partition coefficient (Wildman–Crippen LogP) is 2.69. The molecular weight excluding hydrogens is 377 g/mol. The molecule has 2 N–H and O–H groups in total. The Morgan fingerprint density at radius 3 is 3.05 bits per heavy atom. The predicted molar refractivity (Wildman–Crippen MR) is 95.5 cm³/mol. The lowest BCUT2D eigenvalue weighted by molar-refractivity contribution is -0.117. The molecule has 1 amide bonds. The molecule has 1 fully saturated rings. The van der Waals surface area contributed by atoms with Gasteiger partial charge in [0.2, 0.25) is 5.91 Å². The van der Waals surface area contributed by atoms with Gasteiger partial charge in [0.15, 0.2) is 0 Å². The lowest BCUT2D eigenvalue weighted by Gasteiger charge is -2.24. The van der Waals surface area contributed by atoms with E-state index in [1.165, 1.54) is 12.8 Å². The summed E-state index contributed by atoms with van der Waals surface area (Å²) in [6.07, 6.45) is 3.54. The average Bonchev–Trinajstić information content (AvgIpc) is 2.91. The summed E-state index contributed by atoms with van der Waals surface area (Å²) in [6.45, 7) is 5.68. The highest BCUT2D eigenvalue weighted by atomic mass is 127. The summed E-state index contributed by atoms with van der Waals surface area (Å²) in [5, 5.41) is 6.49. The van der Waals surface area contributed by atoms with Gasteiger partial charge in [0.05, 0.1) is 6.54 Å². The Balaban J connectivity index is 1.85. The van der Waals surface area contributed by atoms with Crippen LogP contribution in [0.2, 0.25) is 0 Å². The van der Waals surface area contributed by atoms with Gasteiger partial charge in [-0.3, -0.25) is 9.69 Å². The second-order valence-corrected chi connectivity index (χ2v) is 6.83. The van der Waals surface area contributed by atoms with Crippen molar-refractivity contribution >= 4 is 34.2 Å². The standard InChI is InChI=1S/C16H24IN3O/c1-2-9-20(11-15-7-4-8-18-15)12-16(21)19-14-6-3-5-13(17)10-14/h3,5-6,10,15,18H,2,4,7-9,11-12H2,1H3,(H,19,21). The smallest absolute Gasteiger partial charge is 0.238 e. The van der Waals surface area contributed by atoms with Gasteiger partial charge < -0.3 is 10.6 Å². The summed E-state index contributed by atoms with van der Waals surface area (Å²) >= 11 is 2.25. The first kappa shape index (κ1) is 16.7. The number of nitrogens with zero attached hydrogens (tertiary/aromatic N) is 1. The Hall–Kier alpha value is -0.660. The maximum Gasteiger partial charge on any atom is 0.238 e. The molecule has 1 unspecified atom stereocenters. The van der Waals surface area contributed by atoms with Crippen LogP contribution in [0.5, 0.6) is 0 Å². The molecule has 2 rings (SSSR count). The molecule has 116 valence electrons. The van der Waals surface area contributed by atoms with E-state index in [0.29, 0.717) is 12.6 Å². The van der Waals surface area contributed by atoms with Crippen molar-refractivity contribution in [2.45, 2.75) is 32.2 Å². The van der Waals surface area contributed by atoms with Crippen LogP contribution in [0.1, 0.15) is 26.2 Å².